The van der Waals surface area contributed by atoms with E-state index in [0.717, 1.165) is 12.1 Å². The maximum Gasteiger partial charge on any atom is 0.416 e. The van der Waals surface area contributed by atoms with E-state index in [1.165, 1.54) is 12.1 Å². The van der Waals surface area contributed by atoms with Crippen molar-refractivity contribution in [3.63, 3.8) is 0 Å². The largest absolute Gasteiger partial charge is 0.416 e. The Morgan fingerprint density at radius 3 is 2.55 bits per heavy atom. The molecule has 1 saturated carbocycles. The number of rotatable bonds is 5. The van der Waals surface area contributed by atoms with Gasteiger partial charge in [0.25, 0.3) is 0 Å². The van der Waals surface area contributed by atoms with Gasteiger partial charge in [0.1, 0.15) is 0 Å². The summed E-state index contributed by atoms with van der Waals surface area (Å²) in [6, 6.07) is 4.64. The minimum atomic E-state index is -4.45. The van der Waals surface area contributed by atoms with E-state index in [0.29, 0.717) is 43.4 Å². The summed E-state index contributed by atoms with van der Waals surface area (Å²) in [6.07, 6.45) is -0.780. The third-order valence-corrected chi connectivity index (χ3v) is 8.64. The molecule has 0 radical (unpaired) electrons. The van der Waals surface area contributed by atoms with E-state index < -0.39 is 26.8 Å². The third-order valence-electron chi connectivity index (χ3n) is 6.31. The lowest BCUT2D eigenvalue weighted by Gasteiger charge is -2.43. The lowest BCUT2D eigenvalue weighted by Crippen LogP contribution is -2.52. The fourth-order valence-electron chi connectivity index (χ4n) is 4.47. The van der Waals surface area contributed by atoms with Crippen molar-refractivity contribution in [3.8, 4) is 0 Å². The molecule has 0 aromatic heterocycles. The maximum absolute atomic E-state index is 13.0. The van der Waals surface area contributed by atoms with Crippen molar-refractivity contribution >= 4 is 21.3 Å². The van der Waals surface area contributed by atoms with Gasteiger partial charge in [-0.25, -0.2) is 8.42 Å². The molecule has 2 N–H and O–H groups in total. The van der Waals surface area contributed by atoms with Crippen LogP contribution in [0.3, 0.4) is 0 Å². The number of hydrogen-bond donors (Lipinski definition) is 1. The molecule has 9 heteroatoms. The monoisotopic (exact) mass is 458 g/mol. The Morgan fingerprint density at radius 2 is 1.94 bits per heavy atom. The highest BCUT2D eigenvalue weighted by molar-refractivity contribution is 7.91. The van der Waals surface area contributed by atoms with Crippen molar-refractivity contribution in [1.82, 2.24) is 4.90 Å². The molecule has 1 aromatic rings. The predicted molar refractivity (Wildman–Crippen MR) is 114 cm³/mol. The van der Waals surface area contributed by atoms with Crippen molar-refractivity contribution in [3.05, 3.63) is 41.5 Å². The fraction of sp³-hybridized carbons (Fsp3) is 0.591. The Bertz CT molecular complexity index is 957. The van der Waals surface area contributed by atoms with Gasteiger partial charge in [0, 0.05) is 24.7 Å². The molecule has 0 saturated heterocycles. The highest BCUT2D eigenvalue weighted by atomic mass is 32.2. The number of benzene rings is 1. The first-order chi connectivity index (χ1) is 14.4. The van der Waals surface area contributed by atoms with E-state index in [9.17, 15) is 26.4 Å². The first kappa shape index (κ1) is 23.8. The summed E-state index contributed by atoms with van der Waals surface area (Å²) in [5.41, 5.74) is 6.29. The van der Waals surface area contributed by atoms with Gasteiger partial charge in [-0.3, -0.25) is 4.79 Å². The minimum Gasteiger partial charge on any atom is -0.336 e. The molecule has 0 unspecified atom stereocenters. The van der Waals surface area contributed by atoms with Gasteiger partial charge in [-0.2, -0.15) is 13.2 Å². The highest BCUT2D eigenvalue weighted by Gasteiger charge is 2.39. The van der Waals surface area contributed by atoms with E-state index >= 15 is 0 Å². The summed E-state index contributed by atoms with van der Waals surface area (Å²) >= 11 is 0. The van der Waals surface area contributed by atoms with E-state index in [1.807, 2.05) is 0 Å². The Morgan fingerprint density at radius 1 is 1.23 bits per heavy atom. The number of nitrogens with zero attached hydrogens (tertiary/aromatic N) is 1. The molecule has 1 amide bonds. The second kappa shape index (κ2) is 8.94. The summed E-state index contributed by atoms with van der Waals surface area (Å²) in [5, 5.41) is -0.504. The molecule has 172 valence electrons. The van der Waals surface area contributed by atoms with Crippen LogP contribution < -0.4 is 5.73 Å². The van der Waals surface area contributed by atoms with Crippen LogP contribution in [0.1, 0.15) is 50.7 Å². The van der Waals surface area contributed by atoms with Crippen LogP contribution in [0, 0.1) is 5.92 Å². The molecule has 0 bridgehead atoms. The molecule has 2 aliphatic rings. The summed E-state index contributed by atoms with van der Waals surface area (Å²) in [4.78, 5) is 14.6. The van der Waals surface area contributed by atoms with Crippen molar-refractivity contribution in [2.24, 2.45) is 11.7 Å². The maximum atomic E-state index is 13.0. The van der Waals surface area contributed by atoms with E-state index in [2.05, 4.69) is 0 Å². The summed E-state index contributed by atoms with van der Waals surface area (Å²) in [5.74, 6) is -0.550. The van der Waals surface area contributed by atoms with Gasteiger partial charge in [0.05, 0.1) is 16.6 Å². The first-order valence-corrected chi connectivity index (χ1v) is 12.3. The highest BCUT2D eigenvalue weighted by Crippen LogP contribution is 2.35. The van der Waals surface area contributed by atoms with Gasteiger partial charge < -0.3 is 10.6 Å². The summed E-state index contributed by atoms with van der Waals surface area (Å²) in [7, 11) is -3.30. The SMILES string of the molecule is CC(C)S(=O)(=O)C[C@@H]1C[C@@H](N)CC[C@H]1N1CCC(c2cccc(C(F)(F)F)c2)=CC1=O. The number of hydrogen-bond acceptors (Lipinski definition) is 4. The van der Waals surface area contributed by atoms with Crippen LogP contribution in [-0.4, -0.2) is 48.9 Å². The van der Waals surface area contributed by atoms with Gasteiger partial charge in [-0.15, -0.1) is 0 Å². The topological polar surface area (TPSA) is 80.5 Å². The van der Waals surface area contributed by atoms with E-state index in [-0.39, 0.29) is 29.7 Å². The molecular weight excluding hydrogens is 429 g/mol. The zero-order chi connectivity index (χ0) is 23.0. The van der Waals surface area contributed by atoms with Crippen LogP contribution in [0.15, 0.2) is 30.3 Å². The van der Waals surface area contributed by atoms with Crippen LogP contribution >= 0.6 is 0 Å². The number of sulfone groups is 1. The van der Waals surface area contributed by atoms with Gasteiger partial charge in [0.15, 0.2) is 9.84 Å². The zero-order valence-corrected chi connectivity index (χ0v) is 18.5. The molecule has 1 aromatic carbocycles. The van der Waals surface area contributed by atoms with Gasteiger partial charge in [0.2, 0.25) is 5.91 Å². The molecule has 1 aliphatic carbocycles. The summed E-state index contributed by atoms with van der Waals surface area (Å²) in [6.45, 7) is 3.63. The molecule has 31 heavy (non-hydrogen) atoms. The molecule has 5 nitrogen and oxygen atoms in total. The van der Waals surface area contributed by atoms with Gasteiger partial charge >= 0.3 is 6.18 Å². The van der Waals surface area contributed by atoms with Gasteiger partial charge in [-0.1, -0.05) is 12.1 Å². The Kier molecular flexibility index (Phi) is 6.86. The number of carbonyl (C=O) groups excluding carboxylic acids is 1. The van der Waals surface area contributed by atoms with Crippen LogP contribution in [0.5, 0.6) is 0 Å². The lowest BCUT2D eigenvalue weighted by atomic mass is 9.81. The molecule has 1 heterocycles. The number of carbonyl (C=O) groups is 1. The zero-order valence-electron chi connectivity index (χ0n) is 17.7. The van der Waals surface area contributed by atoms with Crippen molar-refractivity contribution in [2.45, 2.75) is 63.0 Å². The Labute approximate surface area is 181 Å². The Hall–Kier alpha value is -1.87. The number of amides is 1. The van der Waals surface area contributed by atoms with Gasteiger partial charge in [-0.05, 0) is 68.7 Å². The molecular formula is C22H29F3N2O3S. The molecule has 3 rings (SSSR count). The average molecular weight is 459 g/mol. The third kappa shape index (κ3) is 5.49. The summed E-state index contributed by atoms with van der Waals surface area (Å²) < 4.78 is 64.1. The number of alkyl halides is 3. The lowest BCUT2D eigenvalue weighted by molar-refractivity contribution is -0.137. The standard InChI is InChI=1S/C22H29F3N2O3S/c1-14(2)31(29,30)13-17-11-19(26)6-7-20(17)27-9-8-16(12-21(27)28)15-4-3-5-18(10-15)22(23,24)25/h3-5,10,12,14,17,19-20H,6-9,11,13,26H2,1-2H3/t17-,19-,20+/m0/s1. The van der Waals surface area contributed by atoms with E-state index in [1.54, 1.807) is 24.8 Å². The number of halogens is 3. The molecule has 1 aliphatic heterocycles. The van der Waals surface area contributed by atoms with Crippen molar-refractivity contribution in [1.29, 1.82) is 0 Å². The predicted octanol–water partition coefficient (Wildman–Crippen LogP) is 3.64. The fourth-order valence-corrected chi connectivity index (χ4v) is 5.81. The second-order valence-corrected chi connectivity index (χ2v) is 11.4. The quantitative estimate of drug-likeness (QED) is 0.731. The average Bonchev–Trinajstić information content (AvgIpc) is 2.67. The second-order valence-electron chi connectivity index (χ2n) is 8.81. The number of nitrogens with two attached hydrogens (primary N) is 1. The molecule has 0 spiro atoms. The van der Waals surface area contributed by atoms with Crippen LogP contribution in [-0.2, 0) is 20.8 Å². The van der Waals surface area contributed by atoms with Crippen molar-refractivity contribution < 1.29 is 26.4 Å². The van der Waals surface area contributed by atoms with E-state index in [4.69, 9.17) is 5.73 Å². The smallest absolute Gasteiger partial charge is 0.336 e. The minimum absolute atomic E-state index is 0.0169. The molecule has 1 fully saturated rings. The van der Waals surface area contributed by atoms with Crippen LogP contribution in [0.25, 0.3) is 5.57 Å². The first-order valence-electron chi connectivity index (χ1n) is 10.5. The van der Waals surface area contributed by atoms with Crippen molar-refractivity contribution in [2.75, 3.05) is 12.3 Å². The Balaban J connectivity index is 1.82. The normalized spacial score (nSPS) is 25.6. The van der Waals surface area contributed by atoms with Crippen LogP contribution in [0.2, 0.25) is 0 Å². The van der Waals surface area contributed by atoms with Crippen LogP contribution in [0.4, 0.5) is 13.2 Å². The molecule has 3 atom stereocenters.